The maximum Gasteiger partial charge on any atom is 0.353 e. The lowest BCUT2D eigenvalue weighted by Gasteiger charge is -2.13. The molecule has 0 N–H and O–H groups in total. The molecule has 0 spiro atoms. The number of hydrogen-bond donors (Lipinski definition) is 0. The smallest absolute Gasteiger partial charge is 0.353 e. The number of ether oxygens (including phenoxy) is 3. The summed E-state index contributed by atoms with van der Waals surface area (Å²) in [6, 6.07) is 15.9. The molecule has 1 fully saturated rings. The zero-order chi connectivity index (χ0) is 24.1. The highest BCUT2D eigenvalue weighted by molar-refractivity contribution is 9.10. The lowest BCUT2D eigenvalue weighted by Crippen LogP contribution is -2.32. The number of thioether (sulfide) groups is 1. The molecular weight excluding hydrogens is 542 g/mol. The first-order valence-electron chi connectivity index (χ1n) is 10.0. The van der Waals surface area contributed by atoms with Gasteiger partial charge in [0.25, 0.3) is 11.1 Å². The summed E-state index contributed by atoms with van der Waals surface area (Å²) in [5.74, 6) is 0.308. The van der Waals surface area contributed by atoms with Gasteiger partial charge in [-0.15, -0.1) is 11.3 Å². The standard InChI is InChI=1S/C24H18BrNO6S2/c1-30-18-13-15(12-17(25)21(18)32-23(28)19-8-5-11-33-19)14-20-22(27)26(24(29)34-20)9-10-31-16-6-3-2-4-7-16/h2-8,11-14H,9-10H2,1H3/b20-14-. The molecule has 2 aromatic carbocycles. The van der Waals surface area contributed by atoms with E-state index in [0.717, 1.165) is 16.7 Å². The van der Waals surface area contributed by atoms with Gasteiger partial charge in [0.1, 0.15) is 17.2 Å². The van der Waals surface area contributed by atoms with E-state index in [2.05, 4.69) is 15.9 Å². The minimum atomic E-state index is -0.499. The number of thiophene rings is 1. The van der Waals surface area contributed by atoms with Crippen LogP contribution in [0.2, 0.25) is 0 Å². The number of para-hydroxylation sites is 1. The van der Waals surface area contributed by atoms with Gasteiger partial charge in [-0.3, -0.25) is 14.5 Å². The van der Waals surface area contributed by atoms with Crippen LogP contribution in [0.25, 0.3) is 6.08 Å². The quantitative estimate of drug-likeness (QED) is 0.194. The summed E-state index contributed by atoms with van der Waals surface area (Å²) in [5.41, 5.74) is 0.602. The van der Waals surface area contributed by atoms with Crippen molar-refractivity contribution in [3.8, 4) is 17.2 Å². The Hall–Kier alpha value is -3.08. The Morgan fingerprint density at radius 3 is 2.62 bits per heavy atom. The van der Waals surface area contributed by atoms with Gasteiger partial charge in [0, 0.05) is 0 Å². The number of nitrogens with zero attached hydrogens (tertiary/aromatic N) is 1. The number of carbonyl (C=O) groups is 3. The van der Waals surface area contributed by atoms with Gasteiger partial charge in [-0.2, -0.15) is 0 Å². The molecule has 0 atom stereocenters. The molecule has 0 unspecified atom stereocenters. The molecule has 1 aliphatic rings. The lowest BCUT2D eigenvalue weighted by molar-refractivity contribution is -0.123. The van der Waals surface area contributed by atoms with Gasteiger partial charge in [0.15, 0.2) is 11.5 Å². The van der Waals surface area contributed by atoms with Crippen molar-refractivity contribution in [3.63, 3.8) is 0 Å². The van der Waals surface area contributed by atoms with Gasteiger partial charge in [0.2, 0.25) is 0 Å². The zero-order valence-electron chi connectivity index (χ0n) is 17.9. The molecule has 0 radical (unpaired) electrons. The topological polar surface area (TPSA) is 82.1 Å². The number of amides is 2. The van der Waals surface area contributed by atoms with Crippen LogP contribution >= 0.6 is 39.0 Å². The van der Waals surface area contributed by atoms with Crippen molar-refractivity contribution in [1.82, 2.24) is 4.90 Å². The van der Waals surface area contributed by atoms with Crippen LogP contribution in [0.15, 0.2) is 69.4 Å². The molecule has 34 heavy (non-hydrogen) atoms. The van der Waals surface area contributed by atoms with Crippen molar-refractivity contribution in [3.05, 3.63) is 79.8 Å². The first-order chi connectivity index (χ1) is 16.5. The van der Waals surface area contributed by atoms with Crippen LogP contribution in [0.5, 0.6) is 17.2 Å². The molecule has 1 saturated heterocycles. The minimum Gasteiger partial charge on any atom is -0.493 e. The highest BCUT2D eigenvalue weighted by Gasteiger charge is 2.35. The van der Waals surface area contributed by atoms with Crippen molar-refractivity contribution in [2.75, 3.05) is 20.3 Å². The normalized spacial score (nSPS) is 14.5. The van der Waals surface area contributed by atoms with Gasteiger partial charge in [-0.05, 0) is 75.0 Å². The van der Waals surface area contributed by atoms with Crippen LogP contribution in [-0.2, 0) is 4.79 Å². The van der Waals surface area contributed by atoms with Crippen molar-refractivity contribution in [2.24, 2.45) is 0 Å². The van der Waals surface area contributed by atoms with Gasteiger partial charge < -0.3 is 14.2 Å². The molecule has 1 aliphatic heterocycles. The maximum atomic E-state index is 12.8. The first kappa shape index (κ1) is 24.1. The highest BCUT2D eigenvalue weighted by atomic mass is 79.9. The second kappa shape index (κ2) is 10.9. The fourth-order valence-corrected chi connectivity index (χ4v) is 5.08. The Bertz CT molecular complexity index is 1240. The van der Waals surface area contributed by atoms with Crippen molar-refractivity contribution in [1.29, 1.82) is 0 Å². The average Bonchev–Trinajstić information content (AvgIpc) is 3.46. The van der Waals surface area contributed by atoms with Crippen molar-refractivity contribution >= 4 is 62.2 Å². The third kappa shape index (κ3) is 5.52. The Labute approximate surface area is 212 Å². The van der Waals surface area contributed by atoms with Crippen LogP contribution in [0.4, 0.5) is 4.79 Å². The molecule has 0 aliphatic carbocycles. The van der Waals surface area contributed by atoms with Gasteiger partial charge in [-0.25, -0.2) is 4.79 Å². The van der Waals surface area contributed by atoms with Crippen LogP contribution in [0, 0.1) is 0 Å². The van der Waals surface area contributed by atoms with Gasteiger partial charge >= 0.3 is 5.97 Å². The minimum absolute atomic E-state index is 0.140. The van der Waals surface area contributed by atoms with Gasteiger partial charge in [-0.1, -0.05) is 24.3 Å². The summed E-state index contributed by atoms with van der Waals surface area (Å²) in [4.78, 5) is 39.4. The third-order valence-electron chi connectivity index (χ3n) is 4.67. The summed E-state index contributed by atoms with van der Waals surface area (Å²) >= 11 is 5.54. The molecule has 2 amide bonds. The summed E-state index contributed by atoms with van der Waals surface area (Å²) < 4.78 is 17.0. The van der Waals surface area contributed by atoms with E-state index in [4.69, 9.17) is 14.2 Å². The number of esters is 1. The van der Waals surface area contributed by atoms with Gasteiger partial charge in [0.05, 0.1) is 23.0 Å². The second-order valence-electron chi connectivity index (χ2n) is 6.90. The first-order valence-corrected chi connectivity index (χ1v) is 12.5. The van der Waals surface area contributed by atoms with Crippen LogP contribution in [-0.4, -0.2) is 42.3 Å². The van der Waals surface area contributed by atoms with Crippen LogP contribution in [0.1, 0.15) is 15.2 Å². The number of hydrogen-bond acceptors (Lipinski definition) is 8. The molecule has 4 rings (SSSR count). The predicted molar refractivity (Wildman–Crippen MR) is 135 cm³/mol. The summed E-state index contributed by atoms with van der Waals surface area (Å²) in [5, 5.41) is 1.42. The molecule has 1 aromatic heterocycles. The van der Waals surface area contributed by atoms with E-state index in [-0.39, 0.29) is 29.0 Å². The number of rotatable bonds is 8. The molecule has 0 saturated carbocycles. The maximum absolute atomic E-state index is 12.8. The summed E-state index contributed by atoms with van der Waals surface area (Å²) in [7, 11) is 1.45. The fourth-order valence-electron chi connectivity index (χ4n) is 3.08. The Morgan fingerprint density at radius 1 is 1.12 bits per heavy atom. The second-order valence-corrected chi connectivity index (χ2v) is 9.69. The molecule has 7 nitrogen and oxygen atoms in total. The van der Waals surface area contributed by atoms with E-state index >= 15 is 0 Å². The van der Waals surface area contributed by atoms with E-state index in [1.807, 2.05) is 18.2 Å². The number of carbonyl (C=O) groups excluding carboxylic acids is 3. The van der Waals surface area contributed by atoms with Crippen LogP contribution in [0.3, 0.4) is 0 Å². The van der Waals surface area contributed by atoms with E-state index in [1.54, 1.807) is 47.9 Å². The number of halogens is 1. The van der Waals surface area contributed by atoms with E-state index in [0.29, 0.717) is 26.4 Å². The molecule has 10 heteroatoms. The highest BCUT2D eigenvalue weighted by Crippen LogP contribution is 2.39. The molecule has 174 valence electrons. The van der Waals surface area contributed by atoms with E-state index in [9.17, 15) is 14.4 Å². The Kier molecular flexibility index (Phi) is 7.71. The Balaban J connectivity index is 1.47. The molecule has 2 heterocycles. The SMILES string of the molecule is COc1cc(/C=C2\SC(=O)N(CCOc3ccccc3)C2=O)cc(Br)c1OC(=O)c1cccs1. The zero-order valence-corrected chi connectivity index (χ0v) is 21.1. The fraction of sp³-hybridized carbons (Fsp3) is 0.125. The molecular formula is C24H18BrNO6S2. The van der Waals surface area contributed by atoms with Crippen LogP contribution < -0.4 is 14.2 Å². The average molecular weight is 560 g/mol. The number of benzene rings is 2. The Morgan fingerprint density at radius 2 is 1.91 bits per heavy atom. The number of imide groups is 1. The molecule has 0 bridgehead atoms. The predicted octanol–water partition coefficient (Wildman–Crippen LogP) is 5.85. The molecule has 3 aromatic rings. The largest absolute Gasteiger partial charge is 0.493 e. The van der Waals surface area contributed by atoms with E-state index in [1.165, 1.54) is 18.4 Å². The third-order valence-corrected chi connectivity index (χ3v) is 7.01. The lowest BCUT2D eigenvalue weighted by atomic mass is 10.2. The summed E-state index contributed by atoms with van der Waals surface area (Å²) in [6.45, 7) is 0.334. The van der Waals surface area contributed by atoms with E-state index < -0.39 is 11.9 Å². The summed E-state index contributed by atoms with van der Waals surface area (Å²) in [6.07, 6.45) is 1.60. The number of methoxy groups -OCH3 is 1. The monoisotopic (exact) mass is 559 g/mol. The van der Waals surface area contributed by atoms with Crippen molar-refractivity contribution < 1.29 is 28.6 Å². The van der Waals surface area contributed by atoms with Crippen molar-refractivity contribution in [2.45, 2.75) is 0 Å².